The quantitative estimate of drug-likeness (QED) is 0.868. The zero-order chi connectivity index (χ0) is 16.6. The van der Waals surface area contributed by atoms with E-state index in [9.17, 15) is 4.79 Å². The second kappa shape index (κ2) is 6.20. The molecule has 1 aliphatic heterocycles. The number of aromatic nitrogens is 2. The van der Waals surface area contributed by atoms with Crippen LogP contribution in [0.15, 0.2) is 24.3 Å². The number of hydrogen-bond acceptors (Lipinski definition) is 4. The average Bonchev–Trinajstić information content (AvgIpc) is 2.82. The molecule has 1 fully saturated rings. The SMILES string of the molecule is CC1CN(C(=O)C(C)Oc2nn(C)c3ccccc23)CC(C)O1. The summed E-state index contributed by atoms with van der Waals surface area (Å²) < 4.78 is 13.3. The maximum Gasteiger partial charge on any atom is 0.263 e. The van der Waals surface area contributed by atoms with Crippen molar-refractivity contribution in [3.8, 4) is 5.88 Å². The maximum atomic E-state index is 12.6. The predicted molar refractivity (Wildman–Crippen MR) is 87.4 cm³/mol. The minimum atomic E-state index is -0.578. The summed E-state index contributed by atoms with van der Waals surface area (Å²) in [6.07, 6.45) is -0.484. The molecule has 2 aromatic rings. The Balaban J connectivity index is 1.75. The monoisotopic (exact) mass is 317 g/mol. The molecule has 3 unspecified atom stereocenters. The Morgan fingerprint density at radius 3 is 2.65 bits per heavy atom. The highest BCUT2D eigenvalue weighted by Crippen LogP contribution is 2.25. The van der Waals surface area contributed by atoms with Gasteiger partial charge in [-0.15, -0.1) is 5.10 Å². The van der Waals surface area contributed by atoms with Gasteiger partial charge in [-0.3, -0.25) is 9.48 Å². The second-order valence-corrected chi connectivity index (χ2v) is 6.21. The van der Waals surface area contributed by atoms with Crippen molar-refractivity contribution in [1.82, 2.24) is 14.7 Å². The van der Waals surface area contributed by atoms with Gasteiger partial charge in [0.2, 0.25) is 5.88 Å². The molecule has 1 amide bonds. The first kappa shape index (κ1) is 15.8. The Bertz CT molecular complexity index is 702. The Morgan fingerprint density at radius 1 is 1.30 bits per heavy atom. The Kier molecular flexibility index (Phi) is 4.26. The van der Waals surface area contributed by atoms with Gasteiger partial charge in [-0.1, -0.05) is 12.1 Å². The first-order valence-electron chi connectivity index (χ1n) is 7.98. The minimum Gasteiger partial charge on any atom is -0.463 e. The minimum absolute atomic E-state index is 0.0262. The van der Waals surface area contributed by atoms with E-state index < -0.39 is 6.10 Å². The number of ether oxygens (including phenoxy) is 2. The molecule has 2 heterocycles. The normalized spacial score (nSPS) is 23.0. The average molecular weight is 317 g/mol. The van der Waals surface area contributed by atoms with Crippen LogP contribution in [0.3, 0.4) is 0 Å². The molecule has 1 aromatic carbocycles. The van der Waals surface area contributed by atoms with Gasteiger partial charge in [0.25, 0.3) is 5.91 Å². The molecule has 1 aliphatic rings. The zero-order valence-electron chi connectivity index (χ0n) is 14.0. The van der Waals surface area contributed by atoms with Gasteiger partial charge in [-0.05, 0) is 32.9 Å². The number of rotatable bonds is 3. The van der Waals surface area contributed by atoms with E-state index in [0.717, 1.165) is 10.9 Å². The van der Waals surface area contributed by atoms with Crippen molar-refractivity contribution in [2.45, 2.75) is 39.1 Å². The van der Waals surface area contributed by atoms with Crippen LogP contribution < -0.4 is 4.74 Å². The number of morpholine rings is 1. The van der Waals surface area contributed by atoms with Crippen molar-refractivity contribution >= 4 is 16.8 Å². The van der Waals surface area contributed by atoms with Crippen molar-refractivity contribution in [2.24, 2.45) is 7.05 Å². The van der Waals surface area contributed by atoms with Crippen LogP contribution >= 0.6 is 0 Å². The summed E-state index contributed by atoms with van der Waals surface area (Å²) in [6, 6.07) is 7.83. The highest BCUT2D eigenvalue weighted by Gasteiger charge is 2.30. The van der Waals surface area contributed by atoms with Gasteiger partial charge in [-0.25, -0.2) is 0 Å². The van der Waals surface area contributed by atoms with E-state index in [1.54, 1.807) is 11.6 Å². The fraction of sp³-hybridized carbons (Fsp3) is 0.529. The summed E-state index contributed by atoms with van der Waals surface area (Å²) in [6.45, 7) is 6.93. The number of carbonyl (C=O) groups is 1. The molecule has 1 aromatic heterocycles. The number of para-hydroxylation sites is 1. The topological polar surface area (TPSA) is 56.6 Å². The van der Waals surface area contributed by atoms with E-state index in [2.05, 4.69) is 5.10 Å². The van der Waals surface area contributed by atoms with Crippen LogP contribution in [0.2, 0.25) is 0 Å². The Labute approximate surface area is 136 Å². The van der Waals surface area contributed by atoms with Gasteiger partial charge in [0.05, 0.1) is 23.1 Å². The lowest BCUT2D eigenvalue weighted by Gasteiger charge is -2.36. The highest BCUT2D eigenvalue weighted by molar-refractivity contribution is 5.86. The van der Waals surface area contributed by atoms with Gasteiger partial charge in [-0.2, -0.15) is 0 Å². The molecular weight excluding hydrogens is 294 g/mol. The lowest BCUT2D eigenvalue weighted by Crippen LogP contribution is -2.51. The zero-order valence-corrected chi connectivity index (χ0v) is 14.0. The van der Waals surface area contributed by atoms with Crippen LogP contribution in [-0.4, -0.2) is 52.0 Å². The van der Waals surface area contributed by atoms with Crippen LogP contribution in [0.25, 0.3) is 10.9 Å². The molecule has 0 saturated carbocycles. The lowest BCUT2D eigenvalue weighted by atomic mass is 10.2. The van der Waals surface area contributed by atoms with Gasteiger partial charge in [0.1, 0.15) is 0 Å². The third-order valence-electron chi connectivity index (χ3n) is 4.09. The number of carbonyl (C=O) groups excluding carboxylic acids is 1. The summed E-state index contributed by atoms with van der Waals surface area (Å²) in [5, 5.41) is 5.30. The number of fused-ring (bicyclic) bond motifs is 1. The van der Waals surface area contributed by atoms with E-state index in [0.29, 0.717) is 19.0 Å². The van der Waals surface area contributed by atoms with E-state index in [4.69, 9.17) is 9.47 Å². The molecular formula is C17H23N3O3. The van der Waals surface area contributed by atoms with E-state index in [-0.39, 0.29) is 18.1 Å². The molecule has 124 valence electrons. The molecule has 6 nitrogen and oxygen atoms in total. The number of benzene rings is 1. The highest BCUT2D eigenvalue weighted by atomic mass is 16.5. The molecule has 0 aliphatic carbocycles. The molecule has 23 heavy (non-hydrogen) atoms. The number of nitrogens with zero attached hydrogens (tertiary/aromatic N) is 3. The molecule has 6 heteroatoms. The smallest absolute Gasteiger partial charge is 0.263 e. The van der Waals surface area contributed by atoms with E-state index in [1.165, 1.54) is 0 Å². The van der Waals surface area contributed by atoms with E-state index in [1.807, 2.05) is 50.1 Å². The maximum absolute atomic E-state index is 12.6. The van der Waals surface area contributed by atoms with Crippen LogP contribution in [0, 0.1) is 0 Å². The van der Waals surface area contributed by atoms with Crippen LogP contribution in [0.1, 0.15) is 20.8 Å². The van der Waals surface area contributed by atoms with Gasteiger partial charge in [0, 0.05) is 20.1 Å². The summed E-state index contributed by atoms with van der Waals surface area (Å²) in [5.41, 5.74) is 0.982. The van der Waals surface area contributed by atoms with Crippen molar-refractivity contribution in [3.63, 3.8) is 0 Å². The predicted octanol–water partition coefficient (Wildman–Crippen LogP) is 1.98. The second-order valence-electron chi connectivity index (χ2n) is 6.21. The Morgan fingerprint density at radius 2 is 1.96 bits per heavy atom. The standard InChI is InChI=1S/C17H23N3O3/c1-11-9-20(10-12(2)22-11)17(21)13(3)23-16-14-7-5-6-8-15(14)19(4)18-16/h5-8,11-13H,9-10H2,1-4H3. The summed E-state index contributed by atoms with van der Waals surface area (Å²) in [4.78, 5) is 14.5. The Hall–Kier alpha value is -2.08. The van der Waals surface area contributed by atoms with Crippen LogP contribution in [0.5, 0.6) is 5.88 Å². The summed E-state index contributed by atoms with van der Waals surface area (Å²) in [5.74, 6) is 0.472. The molecule has 3 atom stereocenters. The van der Waals surface area contributed by atoms with Crippen molar-refractivity contribution in [2.75, 3.05) is 13.1 Å². The lowest BCUT2D eigenvalue weighted by molar-refractivity contribution is -0.149. The first-order chi connectivity index (χ1) is 11.0. The molecule has 0 N–H and O–H groups in total. The molecule has 3 rings (SSSR count). The van der Waals surface area contributed by atoms with Crippen LogP contribution in [0.4, 0.5) is 0 Å². The third-order valence-corrected chi connectivity index (χ3v) is 4.09. The number of hydrogen-bond donors (Lipinski definition) is 0. The summed E-state index contributed by atoms with van der Waals surface area (Å²) >= 11 is 0. The number of aryl methyl sites for hydroxylation is 1. The van der Waals surface area contributed by atoms with Gasteiger partial charge >= 0.3 is 0 Å². The van der Waals surface area contributed by atoms with Crippen molar-refractivity contribution in [1.29, 1.82) is 0 Å². The number of amides is 1. The fourth-order valence-electron chi connectivity index (χ4n) is 3.10. The fourth-order valence-corrected chi connectivity index (χ4v) is 3.10. The largest absolute Gasteiger partial charge is 0.463 e. The first-order valence-corrected chi connectivity index (χ1v) is 7.98. The van der Waals surface area contributed by atoms with Crippen LogP contribution in [-0.2, 0) is 16.6 Å². The van der Waals surface area contributed by atoms with Gasteiger partial charge < -0.3 is 14.4 Å². The molecule has 0 spiro atoms. The molecule has 0 radical (unpaired) electrons. The molecule has 1 saturated heterocycles. The summed E-state index contributed by atoms with van der Waals surface area (Å²) in [7, 11) is 1.87. The van der Waals surface area contributed by atoms with Gasteiger partial charge in [0.15, 0.2) is 6.10 Å². The molecule has 0 bridgehead atoms. The third kappa shape index (κ3) is 3.17. The van der Waals surface area contributed by atoms with Crippen molar-refractivity contribution < 1.29 is 14.3 Å². The van der Waals surface area contributed by atoms with E-state index >= 15 is 0 Å². The van der Waals surface area contributed by atoms with Crippen molar-refractivity contribution in [3.05, 3.63) is 24.3 Å².